The first kappa shape index (κ1) is 50.1. The molecule has 2 aromatic heterocycles. The summed E-state index contributed by atoms with van der Waals surface area (Å²) in [7, 11) is -0.426. The van der Waals surface area contributed by atoms with Crippen LogP contribution >= 0.6 is 15.9 Å². The second-order valence-electron chi connectivity index (χ2n) is 24.9. The van der Waals surface area contributed by atoms with Crippen LogP contribution in [-0.2, 0) is 20.1 Å². The molecule has 86 heavy (non-hydrogen) atoms. The molecule has 5 aliphatic rings. The zero-order chi connectivity index (χ0) is 57.4. The summed E-state index contributed by atoms with van der Waals surface area (Å²) in [5.74, 6) is 0. The number of para-hydroxylation sites is 2. The maximum absolute atomic E-state index is 6.52. The van der Waals surface area contributed by atoms with E-state index in [0.29, 0.717) is 0 Å². The number of hydrogen-bond acceptors (Lipinski definition) is 2. The lowest BCUT2D eigenvalue weighted by Gasteiger charge is -2.32. The molecule has 1 fully saturated rings. The highest BCUT2D eigenvalue weighted by atomic mass is 79.9. The summed E-state index contributed by atoms with van der Waals surface area (Å²) < 4.78 is 19.1. The Hall–Kier alpha value is -9.30. The summed E-state index contributed by atoms with van der Waals surface area (Å²) in [6.07, 6.45) is 0. The smallest absolute Gasteiger partial charge is 0.399 e. The Morgan fingerprint density at radius 3 is 1.06 bits per heavy atom. The Kier molecular flexibility index (Phi) is 10.4. The highest BCUT2D eigenvalue weighted by Crippen LogP contribution is 2.66. The van der Waals surface area contributed by atoms with Gasteiger partial charge in [0, 0.05) is 48.5 Å². The third-order valence-electron chi connectivity index (χ3n) is 20.3. The average Bonchev–Trinajstić information content (AvgIpc) is 1.52. The molecule has 3 heterocycles. The van der Waals surface area contributed by atoms with Gasteiger partial charge in [-0.05, 0) is 160 Å². The topological polar surface area (TPSA) is 28.3 Å². The van der Waals surface area contributed by atoms with Gasteiger partial charge in [0.2, 0.25) is 0 Å². The van der Waals surface area contributed by atoms with Crippen molar-refractivity contribution in [2.24, 2.45) is 0 Å². The van der Waals surface area contributed by atoms with Crippen LogP contribution in [0, 0.1) is 0 Å². The van der Waals surface area contributed by atoms with Gasteiger partial charge in [-0.2, -0.15) is 0 Å². The number of nitrogens with zero attached hydrogens (tertiary/aromatic N) is 2. The second-order valence-corrected chi connectivity index (χ2v) is 25.8. The minimum absolute atomic E-state index is 0.341. The fraction of sp³-hybridized carbons (Fsp3) is 0.100. The zero-order valence-electron chi connectivity index (χ0n) is 48.1. The highest BCUT2D eigenvalue weighted by Gasteiger charge is 2.55. The van der Waals surface area contributed by atoms with Crippen molar-refractivity contribution in [2.75, 3.05) is 0 Å². The minimum Gasteiger partial charge on any atom is -0.399 e. The van der Waals surface area contributed by atoms with Crippen LogP contribution < -0.4 is 5.46 Å². The van der Waals surface area contributed by atoms with Crippen molar-refractivity contribution in [1.82, 2.24) is 9.13 Å². The molecule has 19 rings (SSSR count). The molecule has 0 N–H and O–H groups in total. The molecule has 6 heteroatoms. The van der Waals surface area contributed by atoms with E-state index in [-0.39, 0.29) is 10.8 Å². The van der Waals surface area contributed by atoms with Crippen LogP contribution in [0.5, 0.6) is 0 Å². The van der Waals surface area contributed by atoms with Crippen LogP contribution in [0.15, 0.2) is 271 Å². The predicted molar refractivity (Wildman–Crippen MR) is 358 cm³/mol. The summed E-state index contributed by atoms with van der Waals surface area (Å²) >= 11 is 3.75. The van der Waals surface area contributed by atoms with Crippen LogP contribution in [0.4, 0.5) is 0 Å². The molecule has 1 saturated heterocycles. The summed E-state index contributed by atoms with van der Waals surface area (Å²) in [6.45, 7) is 8.46. The van der Waals surface area contributed by atoms with Gasteiger partial charge in [0.1, 0.15) is 0 Å². The normalized spacial score (nSPS) is 16.0. The molecular formula is C80H56BBrN2O2. The Bertz CT molecular complexity index is 5120. The van der Waals surface area contributed by atoms with E-state index in [4.69, 9.17) is 9.31 Å². The van der Waals surface area contributed by atoms with Gasteiger partial charge in [0.15, 0.2) is 0 Å². The summed E-state index contributed by atoms with van der Waals surface area (Å²) in [5.41, 5.74) is 28.2. The van der Waals surface area contributed by atoms with E-state index in [0.717, 1.165) is 15.6 Å². The first-order valence-corrected chi connectivity index (χ1v) is 30.8. The first-order chi connectivity index (χ1) is 42.1. The van der Waals surface area contributed by atoms with Gasteiger partial charge in [0.05, 0.1) is 44.1 Å². The average molecular weight is 1170 g/mol. The van der Waals surface area contributed by atoms with Crippen LogP contribution in [-0.4, -0.2) is 27.5 Å². The summed E-state index contributed by atoms with van der Waals surface area (Å²) in [6, 6.07) is 98.7. The van der Waals surface area contributed by atoms with Gasteiger partial charge in [-0.1, -0.05) is 234 Å². The molecule has 4 aliphatic carbocycles. The van der Waals surface area contributed by atoms with E-state index in [1.54, 1.807) is 0 Å². The molecule has 408 valence electrons. The van der Waals surface area contributed by atoms with Crippen LogP contribution in [0.1, 0.15) is 72.2 Å². The maximum Gasteiger partial charge on any atom is 0.494 e. The van der Waals surface area contributed by atoms with Crippen molar-refractivity contribution >= 4 is 72.1 Å². The van der Waals surface area contributed by atoms with E-state index in [9.17, 15) is 0 Å². The van der Waals surface area contributed by atoms with Gasteiger partial charge in [0.25, 0.3) is 0 Å². The van der Waals surface area contributed by atoms with Crippen LogP contribution in [0.2, 0.25) is 0 Å². The molecule has 0 amide bonds. The number of rotatable bonds is 3. The first-order valence-electron chi connectivity index (χ1n) is 30.0. The summed E-state index contributed by atoms with van der Waals surface area (Å²) in [5, 5.41) is 4.97. The SMILES string of the molecule is Brc1ccc2c(c1)c1ccc3c(c1n2-c1ccccc1)-c1ccccc1C31c2ccccc2-c2ccccc21.CC1(C)OB(c2ccc3c(c2)c2ccc4c(c2n3-c2ccccc2)-c2ccccc2C42c3ccccc3-c3ccccc32)OC1(C)C. The lowest BCUT2D eigenvalue weighted by Crippen LogP contribution is -2.41. The molecule has 14 aromatic rings. The molecule has 0 radical (unpaired) electrons. The number of halogens is 1. The molecule has 0 saturated carbocycles. The van der Waals surface area contributed by atoms with E-state index >= 15 is 0 Å². The van der Waals surface area contributed by atoms with E-state index in [1.165, 1.54) is 138 Å². The van der Waals surface area contributed by atoms with Gasteiger partial charge in [-0.15, -0.1) is 0 Å². The van der Waals surface area contributed by atoms with Crippen molar-refractivity contribution in [1.29, 1.82) is 0 Å². The standard InChI is InChI=1S/C43H34BNO2.C37H22BrN/c1-41(2)42(3,4)47-44(46-41)27-22-25-38-33(26-27)31-23-24-37-39(40(31)45(38)28-14-6-5-7-15-28)32-18-10-13-21-36(32)43(37)34-19-11-8-16-29(34)30-17-9-12-20-35(30)43;38-23-18-21-34-29(22-23)27-19-20-33-35(36(27)39(34)24-10-2-1-3-11-24)28-14-6-9-17-32(28)37(33)30-15-7-4-12-25(30)26-13-5-8-16-31(26)37/h5-26H,1-4H3;1-22H. The number of fused-ring (bicyclic) bond motifs is 28. The van der Waals surface area contributed by atoms with E-state index < -0.39 is 18.3 Å². The number of hydrogen-bond donors (Lipinski definition) is 0. The summed E-state index contributed by atoms with van der Waals surface area (Å²) in [4.78, 5) is 0. The molecule has 12 aromatic carbocycles. The van der Waals surface area contributed by atoms with Crippen LogP contribution in [0.25, 0.3) is 99.5 Å². The van der Waals surface area contributed by atoms with E-state index in [2.05, 4.69) is 320 Å². The lowest BCUT2D eigenvalue weighted by molar-refractivity contribution is 0.00578. The van der Waals surface area contributed by atoms with Gasteiger partial charge in [-0.3, -0.25) is 0 Å². The fourth-order valence-electron chi connectivity index (χ4n) is 16.2. The number of benzene rings is 12. The predicted octanol–water partition coefficient (Wildman–Crippen LogP) is 19.3. The Morgan fingerprint density at radius 1 is 0.314 bits per heavy atom. The molecule has 1 aliphatic heterocycles. The lowest BCUT2D eigenvalue weighted by atomic mass is 9.70. The highest BCUT2D eigenvalue weighted by molar-refractivity contribution is 9.10. The van der Waals surface area contributed by atoms with Gasteiger partial charge >= 0.3 is 7.12 Å². The third kappa shape index (κ3) is 6.41. The van der Waals surface area contributed by atoms with Crippen LogP contribution in [0.3, 0.4) is 0 Å². The molecule has 4 nitrogen and oxygen atoms in total. The molecule has 0 unspecified atom stereocenters. The van der Waals surface area contributed by atoms with Crippen molar-refractivity contribution in [3.8, 4) is 55.9 Å². The van der Waals surface area contributed by atoms with Crippen molar-refractivity contribution in [3.05, 3.63) is 316 Å². The zero-order valence-corrected chi connectivity index (χ0v) is 49.7. The molecule has 2 spiro atoms. The molecule has 0 atom stereocenters. The Balaban J connectivity index is 0.000000132. The molecular weight excluding hydrogens is 1110 g/mol. The minimum atomic E-state index is -0.426. The van der Waals surface area contributed by atoms with Gasteiger partial charge < -0.3 is 18.4 Å². The van der Waals surface area contributed by atoms with Crippen molar-refractivity contribution in [2.45, 2.75) is 49.7 Å². The quantitative estimate of drug-likeness (QED) is 0.165. The Labute approximate surface area is 508 Å². The van der Waals surface area contributed by atoms with Gasteiger partial charge in [-0.25, -0.2) is 0 Å². The largest absolute Gasteiger partial charge is 0.494 e. The van der Waals surface area contributed by atoms with Crippen molar-refractivity contribution < 1.29 is 9.31 Å². The second kappa shape index (κ2) is 17.9. The van der Waals surface area contributed by atoms with Crippen molar-refractivity contribution in [3.63, 3.8) is 0 Å². The Morgan fingerprint density at radius 2 is 0.651 bits per heavy atom. The maximum atomic E-state index is 6.52. The number of aromatic nitrogens is 2. The monoisotopic (exact) mass is 1170 g/mol. The third-order valence-corrected chi connectivity index (χ3v) is 20.8. The van der Waals surface area contributed by atoms with E-state index in [1.807, 2.05) is 0 Å². The fourth-order valence-corrected chi connectivity index (χ4v) is 16.5. The molecule has 0 bridgehead atoms.